The zero-order chi connectivity index (χ0) is 12.3. The van der Waals surface area contributed by atoms with Crippen molar-refractivity contribution >= 4 is 28.6 Å². The van der Waals surface area contributed by atoms with Crippen LogP contribution in [0.1, 0.15) is 11.1 Å². The lowest BCUT2D eigenvalue weighted by Gasteiger charge is -2.11. The molecule has 17 heavy (non-hydrogen) atoms. The summed E-state index contributed by atoms with van der Waals surface area (Å²) in [6.45, 7) is 2.01. The molecule has 2 aromatic rings. The molecule has 0 amide bonds. The molecular formula is C12H12N4S. The maximum absolute atomic E-state index is 5.68. The smallest absolute Gasteiger partial charge is 0.115 e. The molecule has 4 nitrogen and oxygen atoms in total. The second kappa shape index (κ2) is 4.88. The van der Waals surface area contributed by atoms with Gasteiger partial charge in [0, 0.05) is 11.3 Å². The minimum Gasteiger partial charge on any atom is -0.389 e. The van der Waals surface area contributed by atoms with Crippen LogP contribution in [0.4, 0.5) is 11.4 Å². The van der Waals surface area contributed by atoms with Crippen LogP contribution in [0, 0.1) is 6.92 Å². The normalized spacial score (nSPS) is 9.94. The summed E-state index contributed by atoms with van der Waals surface area (Å²) in [6.07, 6.45) is 4.87. The fourth-order valence-corrected chi connectivity index (χ4v) is 1.67. The van der Waals surface area contributed by atoms with Crippen LogP contribution in [0.25, 0.3) is 0 Å². The molecular weight excluding hydrogens is 232 g/mol. The largest absolute Gasteiger partial charge is 0.389 e. The molecule has 0 aliphatic heterocycles. The highest BCUT2D eigenvalue weighted by atomic mass is 32.1. The molecule has 0 unspecified atom stereocenters. The fourth-order valence-electron chi connectivity index (χ4n) is 1.50. The molecule has 0 aliphatic carbocycles. The van der Waals surface area contributed by atoms with Gasteiger partial charge in [-0.2, -0.15) is 0 Å². The topological polar surface area (TPSA) is 63.8 Å². The van der Waals surface area contributed by atoms with E-state index in [9.17, 15) is 0 Å². The Balaban J connectivity index is 2.37. The quantitative estimate of drug-likeness (QED) is 0.810. The van der Waals surface area contributed by atoms with Gasteiger partial charge in [0.1, 0.15) is 11.3 Å². The molecule has 3 N–H and O–H groups in total. The molecule has 0 aliphatic rings. The average molecular weight is 244 g/mol. The molecule has 2 rings (SSSR count). The van der Waals surface area contributed by atoms with Crippen molar-refractivity contribution < 1.29 is 0 Å². The van der Waals surface area contributed by atoms with Gasteiger partial charge in [0.15, 0.2) is 0 Å². The molecule has 0 bridgehead atoms. The number of nitrogens with one attached hydrogen (secondary N) is 1. The molecule has 1 aromatic carbocycles. The summed E-state index contributed by atoms with van der Waals surface area (Å²) in [5.41, 5.74) is 9.29. The zero-order valence-corrected chi connectivity index (χ0v) is 10.2. The zero-order valence-electron chi connectivity index (χ0n) is 9.34. The summed E-state index contributed by atoms with van der Waals surface area (Å²) in [5, 5.41) is 3.20. The number of benzene rings is 1. The monoisotopic (exact) mass is 244 g/mol. The van der Waals surface area contributed by atoms with Gasteiger partial charge < -0.3 is 11.1 Å². The van der Waals surface area contributed by atoms with Crippen molar-refractivity contribution in [2.24, 2.45) is 5.73 Å². The summed E-state index contributed by atoms with van der Waals surface area (Å²) in [7, 11) is 0. The van der Waals surface area contributed by atoms with Crippen LogP contribution in [-0.4, -0.2) is 15.0 Å². The number of thiocarbonyl (C=S) groups is 1. The Bertz CT molecular complexity index is 539. The average Bonchev–Trinajstić information content (AvgIpc) is 2.30. The van der Waals surface area contributed by atoms with Crippen molar-refractivity contribution in [2.75, 3.05) is 5.32 Å². The van der Waals surface area contributed by atoms with E-state index in [2.05, 4.69) is 15.3 Å². The van der Waals surface area contributed by atoms with Crippen molar-refractivity contribution in [3.05, 3.63) is 48.0 Å². The van der Waals surface area contributed by atoms with E-state index in [0.717, 1.165) is 22.5 Å². The van der Waals surface area contributed by atoms with E-state index in [1.54, 1.807) is 12.4 Å². The Morgan fingerprint density at radius 3 is 2.65 bits per heavy atom. The standard InChI is InChI=1S/C12H12N4S/c1-8-2-3-10(12(13)17)11(4-8)16-9-5-14-7-15-6-9/h2-7,16H,1H3,(H2,13,17). The number of hydrogen-bond donors (Lipinski definition) is 2. The third-order valence-corrected chi connectivity index (χ3v) is 2.50. The number of aryl methyl sites for hydroxylation is 1. The van der Waals surface area contributed by atoms with E-state index in [1.807, 2.05) is 25.1 Å². The first-order chi connectivity index (χ1) is 8.16. The minimum absolute atomic E-state index is 0.365. The highest BCUT2D eigenvalue weighted by Crippen LogP contribution is 2.21. The lowest BCUT2D eigenvalue weighted by Crippen LogP contribution is -2.12. The van der Waals surface area contributed by atoms with Crippen LogP contribution in [0.15, 0.2) is 36.9 Å². The van der Waals surface area contributed by atoms with Gasteiger partial charge in [-0.3, -0.25) is 0 Å². The number of hydrogen-bond acceptors (Lipinski definition) is 4. The molecule has 0 fully saturated rings. The number of rotatable bonds is 3. The SMILES string of the molecule is Cc1ccc(C(N)=S)c(Nc2cncnc2)c1. The van der Waals surface area contributed by atoms with E-state index in [4.69, 9.17) is 18.0 Å². The van der Waals surface area contributed by atoms with E-state index < -0.39 is 0 Å². The van der Waals surface area contributed by atoms with Gasteiger partial charge in [-0.05, 0) is 24.6 Å². The van der Waals surface area contributed by atoms with Crippen molar-refractivity contribution in [3.8, 4) is 0 Å². The lowest BCUT2D eigenvalue weighted by atomic mass is 10.1. The van der Waals surface area contributed by atoms with Crippen LogP contribution in [0.5, 0.6) is 0 Å². The summed E-state index contributed by atoms with van der Waals surface area (Å²) in [4.78, 5) is 8.25. The number of nitrogens with zero attached hydrogens (tertiary/aromatic N) is 2. The molecule has 5 heteroatoms. The van der Waals surface area contributed by atoms with Gasteiger partial charge in [-0.25, -0.2) is 9.97 Å². The van der Waals surface area contributed by atoms with Gasteiger partial charge >= 0.3 is 0 Å². The first-order valence-electron chi connectivity index (χ1n) is 5.09. The Labute approximate surface area is 105 Å². The van der Waals surface area contributed by atoms with E-state index >= 15 is 0 Å². The van der Waals surface area contributed by atoms with E-state index in [-0.39, 0.29) is 0 Å². The molecule has 0 spiro atoms. The second-order valence-electron chi connectivity index (χ2n) is 3.67. The first-order valence-corrected chi connectivity index (χ1v) is 5.50. The molecule has 1 aromatic heterocycles. The fraction of sp³-hybridized carbons (Fsp3) is 0.0833. The Kier molecular flexibility index (Phi) is 3.30. The highest BCUT2D eigenvalue weighted by Gasteiger charge is 2.05. The molecule has 0 atom stereocenters. The van der Waals surface area contributed by atoms with Gasteiger partial charge in [0.2, 0.25) is 0 Å². The van der Waals surface area contributed by atoms with Crippen molar-refractivity contribution in [1.29, 1.82) is 0 Å². The van der Waals surface area contributed by atoms with Crippen LogP contribution in [0.3, 0.4) is 0 Å². The van der Waals surface area contributed by atoms with Crippen molar-refractivity contribution in [3.63, 3.8) is 0 Å². The van der Waals surface area contributed by atoms with Gasteiger partial charge in [0.05, 0.1) is 18.1 Å². The third-order valence-electron chi connectivity index (χ3n) is 2.28. The van der Waals surface area contributed by atoms with Gasteiger partial charge in [-0.1, -0.05) is 18.3 Å². The molecule has 0 radical (unpaired) electrons. The summed E-state index contributed by atoms with van der Waals surface area (Å²) in [6, 6.07) is 5.87. The predicted molar refractivity (Wildman–Crippen MR) is 72.4 cm³/mol. The highest BCUT2D eigenvalue weighted by molar-refractivity contribution is 7.80. The first kappa shape index (κ1) is 11.5. The van der Waals surface area contributed by atoms with Crippen LogP contribution >= 0.6 is 12.2 Å². The number of anilines is 2. The lowest BCUT2D eigenvalue weighted by molar-refractivity contribution is 1.17. The summed E-state index contributed by atoms with van der Waals surface area (Å²) < 4.78 is 0. The Morgan fingerprint density at radius 1 is 1.29 bits per heavy atom. The van der Waals surface area contributed by atoms with E-state index in [1.165, 1.54) is 6.33 Å². The number of nitrogens with two attached hydrogens (primary N) is 1. The molecule has 0 saturated carbocycles. The van der Waals surface area contributed by atoms with E-state index in [0.29, 0.717) is 4.99 Å². The van der Waals surface area contributed by atoms with Gasteiger partial charge in [-0.15, -0.1) is 0 Å². The predicted octanol–water partition coefficient (Wildman–Crippen LogP) is 2.16. The second-order valence-corrected chi connectivity index (χ2v) is 4.11. The summed E-state index contributed by atoms with van der Waals surface area (Å²) in [5.74, 6) is 0. The molecule has 0 saturated heterocycles. The van der Waals surface area contributed by atoms with Crippen LogP contribution in [-0.2, 0) is 0 Å². The Morgan fingerprint density at radius 2 is 2.00 bits per heavy atom. The van der Waals surface area contributed by atoms with Crippen LogP contribution in [0.2, 0.25) is 0 Å². The third kappa shape index (κ3) is 2.76. The van der Waals surface area contributed by atoms with Gasteiger partial charge in [0.25, 0.3) is 0 Å². The van der Waals surface area contributed by atoms with Crippen molar-refractivity contribution in [2.45, 2.75) is 6.92 Å². The Hall–Kier alpha value is -2.01. The summed E-state index contributed by atoms with van der Waals surface area (Å²) >= 11 is 5.02. The maximum Gasteiger partial charge on any atom is 0.115 e. The maximum atomic E-state index is 5.68. The number of aromatic nitrogens is 2. The molecule has 86 valence electrons. The van der Waals surface area contributed by atoms with Crippen molar-refractivity contribution in [1.82, 2.24) is 9.97 Å². The van der Waals surface area contributed by atoms with Crippen LogP contribution < -0.4 is 11.1 Å². The minimum atomic E-state index is 0.365. The molecule has 1 heterocycles.